The van der Waals surface area contributed by atoms with Crippen LogP contribution in [-0.2, 0) is 16.0 Å². The van der Waals surface area contributed by atoms with Crippen LogP contribution in [0.3, 0.4) is 0 Å². The van der Waals surface area contributed by atoms with E-state index in [0.717, 1.165) is 17.1 Å². The Morgan fingerprint density at radius 1 is 1.40 bits per heavy atom. The van der Waals surface area contributed by atoms with E-state index in [1.54, 1.807) is 12.1 Å². The molecule has 0 spiro atoms. The topological polar surface area (TPSA) is 90.4 Å². The largest absolute Gasteiger partial charge is 0.495 e. The van der Waals surface area contributed by atoms with Gasteiger partial charge in [0.05, 0.1) is 18.5 Å². The molecule has 9 heteroatoms. The van der Waals surface area contributed by atoms with Gasteiger partial charge in [-0.3, -0.25) is 4.79 Å². The molecule has 25 heavy (non-hydrogen) atoms. The minimum absolute atomic E-state index is 0.307. The molecule has 1 heterocycles. The van der Waals surface area contributed by atoms with E-state index in [0.29, 0.717) is 33.5 Å². The molecular weight excluding hydrogens is 366 g/mol. The van der Waals surface area contributed by atoms with E-state index < -0.39 is 18.0 Å². The second kappa shape index (κ2) is 8.26. The summed E-state index contributed by atoms with van der Waals surface area (Å²) in [5.74, 6) is -0.681. The molecule has 0 unspecified atom stereocenters. The second-order valence-electron chi connectivity index (χ2n) is 5.24. The van der Waals surface area contributed by atoms with Gasteiger partial charge in [-0.2, -0.15) is 0 Å². The molecule has 0 aliphatic rings. The smallest absolute Gasteiger partial charge is 0.352 e. The number of hydrogen-bond acceptors (Lipinski definition) is 7. The van der Waals surface area contributed by atoms with Gasteiger partial charge >= 0.3 is 5.97 Å². The number of nitrogens with one attached hydrogen (secondary N) is 1. The number of amides is 1. The Balaban J connectivity index is 2.08. The molecule has 7 nitrogen and oxygen atoms in total. The molecule has 134 valence electrons. The molecule has 0 bridgehead atoms. The zero-order valence-corrected chi connectivity index (χ0v) is 15.8. The Morgan fingerprint density at radius 2 is 2.12 bits per heavy atom. The Bertz CT molecular complexity index is 794. The van der Waals surface area contributed by atoms with Crippen molar-refractivity contribution in [2.75, 3.05) is 12.4 Å². The van der Waals surface area contributed by atoms with Gasteiger partial charge in [-0.05, 0) is 43.4 Å². The van der Waals surface area contributed by atoms with Crippen molar-refractivity contribution < 1.29 is 19.1 Å². The van der Waals surface area contributed by atoms with E-state index in [1.165, 1.54) is 14.0 Å². The van der Waals surface area contributed by atoms with Gasteiger partial charge in [0.1, 0.15) is 5.75 Å². The summed E-state index contributed by atoms with van der Waals surface area (Å²) in [4.78, 5) is 24.8. The predicted octanol–water partition coefficient (Wildman–Crippen LogP) is 3.25. The summed E-state index contributed by atoms with van der Waals surface area (Å²) in [7, 11) is 1.48. The summed E-state index contributed by atoms with van der Waals surface area (Å²) >= 11 is 6.99. The lowest BCUT2D eigenvalue weighted by Gasteiger charge is -2.16. The van der Waals surface area contributed by atoms with E-state index in [4.69, 9.17) is 21.1 Å². The minimum atomic E-state index is -1.00. The number of hydrogen-bond donors (Lipinski definition) is 1. The van der Waals surface area contributed by atoms with E-state index in [2.05, 4.69) is 14.9 Å². The lowest BCUT2D eigenvalue weighted by molar-refractivity contribution is -0.123. The predicted molar refractivity (Wildman–Crippen MR) is 95.5 cm³/mol. The van der Waals surface area contributed by atoms with E-state index in [-0.39, 0.29) is 0 Å². The average molecular weight is 384 g/mol. The van der Waals surface area contributed by atoms with Gasteiger partial charge in [-0.25, -0.2) is 4.79 Å². The SMILES string of the molecule is CCc1nnsc1C(=O)O[C@H](C)C(=O)Nc1cc(C)c(Cl)cc1OC. The highest BCUT2D eigenvalue weighted by Crippen LogP contribution is 2.31. The van der Waals surface area contributed by atoms with Crippen LogP contribution < -0.4 is 10.1 Å². The van der Waals surface area contributed by atoms with Crippen molar-refractivity contribution in [2.45, 2.75) is 33.3 Å². The second-order valence-corrected chi connectivity index (χ2v) is 6.40. The number of benzene rings is 1. The molecule has 0 fully saturated rings. The van der Waals surface area contributed by atoms with Crippen LogP contribution in [0.25, 0.3) is 0 Å². The third kappa shape index (κ3) is 4.46. The Kier molecular flexibility index (Phi) is 6.33. The van der Waals surface area contributed by atoms with Crippen LogP contribution in [0.4, 0.5) is 5.69 Å². The van der Waals surface area contributed by atoms with Gasteiger partial charge in [0.15, 0.2) is 11.0 Å². The number of aryl methyl sites for hydroxylation is 2. The van der Waals surface area contributed by atoms with Crippen molar-refractivity contribution in [3.8, 4) is 5.75 Å². The summed E-state index contributed by atoms with van der Waals surface area (Å²) < 4.78 is 14.2. The molecule has 1 aromatic carbocycles. The van der Waals surface area contributed by atoms with Crippen LogP contribution in [0.15, 0.2) is 12.1 Å². The fourth-order valence-corrected chi connectivity index (χ4v) is 2.81. The molecule has 1 atom stereocenters. The molecule has 1 N–H and O–H groups in total. The Hall–Kier alpha value is -2.19. The third-order valence-corrected chi connectivity index (χ3v) is 4.62. The monoisotopic (exact) mass is 383 g/mol. The van der Waals surface area contributed by atoms with Crippen LogP contribution in [0.1, 0.15) is 34.8 Å². The Labute approximate surface area is 154 Å². The number of anilines is 1. The fraction of sp³-hybridized carbons (Fsp3) is 0.375. The highest BCUT2D eigenvalue weighted by Gasteiger charge is 2.23. The molecular formula is C16H18ClN3O4S. The normalized spacial score (nSPS) is 11.7. The van der Waals surface area contributed by atoms with Crippen LogP contribution in [0.2, 0.25) is 5.02 Å². The molecule has 0 saturated heterocycles. The summed E-state index contributed by atoms with van der Waals surface area (Å²) in [6.45, 7) is 5.16. The van der Waals surface area contributed by atoms with Gasteiger partial charge in [0.2, 0.25) is 0 Å². The fourth-order valence-electron chi connectivity index (χ4n) is 2.03. The summed E-state index contributed by atoms with van der Waals surface area (Å²) in [6.07, 6.45) is -0.442. The zero-order valence-electron chi connectivity index (χ0n) is 14.3. The molecule has 0 aliphatic heterocycles. The maximum atomic E-state index is 12.3. The zero-order chi connectivity index (χ0) is 18.6. The standard InChI is InChI=1S/C16H18ClN3O4S/c1-5-11-14(25-20-19-11)16(22)24-9(3)15(21)18-12-6-8(2)10(17)7-13(12)23-4/h6-7,9H,5H2,1-4H3,(H,18,21)/t9-/m1/s1. The van der Waals surface area contributed by atoms with Crippen molar-refractivity contribution in [3.05, 3.63) is 33.3 Å². The van der Waals surface area contributed by atoms with Crippen molar-refractivity contribution >= 4 is 40.7 Å². The molecule has 2 aromatic rings. The first-order valence-electron chi connectivity index (χ1n) is 7.54. The number of carbonyl (C=O) groups is 2. The third-order valence-electron chi connectivity index (χ3n) is 3.47. The summed E-state index contributed by atoms with van der Waals surface area (Å²) in [5, 5.41) is 7.06. The lowest BCUT2D eigenvalue weighted by Crippen LogP contribution is -2.30. The minimum Gasteiger partial charge on any atom is -0.495 e. The number of esters is 1. The summed E-state index contributed by atoms with van der Waals surface area (Å²) in [6, 6.07) is 3.30. The van der Waals surface area contributed by atoms with Gasteiger partial charge in [-0.1, -0.05) is 23.0 Å². The first kappa shape index (κ1) is 19.1. The van der Waals surface area contributed by atoms with Crippen LogP contribution in [0, 0.1) is 6.92 Å². The molecule has 0 radical (unpaired) electrons. The maximum absolute atomic E-state index is 12.3. The molecule has 2 rings (SSSR count). The Morgan fingerprint density at radius 3 is 2.76 bits per heavy atom. The highest BCUT2D eigenvalue weighted by molar-refractivity contribution is 7.07. The van der Waals surface area contributed by atoms with Crippen LogP contribution in [-0.4, -0.2) is 34.7 Å². The van der Waals surface area contributed by atoms with Crippen molar-refractivity contribution in [1.29, 1.82) is 0 Å². The first-order chi connectivity index (χ1) is 11.9. The number of ether oxygens (including phenoxy) is 2. The summed E-state index contributed by atoms with van der Waals surface area (Å²) in [5.41, 5.74) is 1.79. The van der Waals surface area contributed by atoms with E-state index in [1.807, 2.05) is 13.8 Å². The van der Waals surface area contributed by atoms with Crippen LogP contribution in [0.5, 0.6) is 5.75 Å². The first-order valence-corrected chi connectivity index (χ1v) is 8.69. The number of halogens is 1. The molecule has 0 aliphatic carbocycles. The number of rotatable bonds is 6. The van der Waals surface area contributed by atoms with Crippen LogP contribution >= 0.6 is 23.1 Å². The van der Waals surface area contributed by atoms with Crippen molar-refractivity contribution in [2.24, 2.45) is 0 Å². The van der Waals surface area contributed by atoms with Gasteiger partial charge in [-0.15, -0.1) is 5.10 Å². The maximum Gasteiger partial charge on any atom is 0.352 e. The highest BCUT2D eigenvalue weighted by atomic mass is 35.5. The lowest BCUT2D eigenvalue weighted by atomic mass is 10.2. The van der Waals surface area contributed by atoms with Crippen molar-refractivity contribution in [1.82, 2.24) is 9.59 Å². The van der Waals surface area contributed by atoms with E-state index in [9.17, 15) is 9.59 Å². The number of nitrogens with zero attached hydrogens (tertiary/aromatic N) is 2. The van der Waals surface area contributed by atoms with Gasteiger partial charge in [0.25, 0.3) is 5.91 Å². The van der Waals surface area contributed by atoms with Crippen molar-refractivity contribution in [3.63, 3.8) is 0 Å². The average Bonchev–Trinajstić information content (AvgIpc) is 3.06. The molecule has 0 saturated carbocycles. The number of carbonyl (C=O) groups excluding carboxylic acids is 2. The molecule has 1 aromatic heterocycles. The quantitative estimate of drug-likeness (QED) is 0.770. The number of methoxy groups -OCH3 is 1. The van der Waals surface area contributed by atoms with E-state index >= 15 is 0 Å². The van der Waals surface area contributed by atoms with Gasteiger partial charge < -0.3 is 14.8 Å². The molecule has 1 amide bonds. The van der Waals surface area contributed by atoms with Gasteiger partial charge in [0, 0.05) is 11.1 Å². The number of aromatic nitrogens is 2.